The molecule has 0 saturated heterocycles. The topological polar surface area (TPSA) is 29.5 Å². The fraction of sp³-hybridized carbons (Fsp3) is 0.0303. The first-order valence-corrected chi connectivity index (χ1v) is 23.7. The van der Waals surface area contributed by atoms with Gasteiger partial charge in [0.05, 0.1) is 29.0 Å². The van der Waals surface area contributed by atoms with Crippen molar-refractivity contribution in [1.82, 2.24) is 0 Å². The van der Waals surface area contributed by atoms with Gasteiger partial charge in [0.1, 0.15) is 5.58 Å². The van der Waals surface area contributed by atoms with Gasteiger partial charge >= 0.3 is 0 Å². The van der Waals surface area contributed by atoms with Gasteiger partial charge in [0, 0.05) is 27.7 Å². The lowest BCUT2D eigenvalue weighted by Crippen LogP contribution is -2.28. The Morgan fingerprint density at radius 1 is 0.290 bits per heavy atom. The normalized spacial score (nSPS) is 13.7. The Labute approximate surface area is 400 Å². The maximum atomic E-state index is 6.41. The van der Waals surface area contributed by atoms with E-state index in [4.69, 9.17) is 8.83 Å². The second kappa shape index (κ2) is 15.3. The number of hydrogen-bond acceptors (Lipinski definition) is 3. The zero-order valence-corrected chi connectivity index (χ0v) is 37.6. The highest BCUT2D eigenvalue weighted by Gasteiger charge is 2.48. The molecule has 0 unspecified atom stereocenters. The van der Waals surface area contributed by atoms with Gasteiger partial charge in [-0.15, -0.1) is 0 Å². The van der Waals surface area contributed by atoms with Gasteiger partial charge in [-0.05, 0) is 121 Å². The molecule has 0 bridgehead atoms. The smallest absolute Gasteiger partial charge is 0.157 e. The van der Waals surface area contributed by atoms with E-state index >= 15 is 0 Å². The summed E-state index contributed by atoms with van der Waals surface area (Å²) in [7, 11) is 0. The molecule has 14 rings (SSSR count). The van der Waals surface area contributed by atoms with E-state index in [-0.39, 0.29) is 0 Å². The van der Waals surface area contributed by atoms with Gasteiger partial charge in [0.25, 0.3) is 0 Å². The summed E-state index contributed by atoms with van der Waals surface area (Å²) in [5, 5.41) is 2.13. The van der Waals surface area contributed by atoms with Crippen molar-refractivity contribution in [2.75, 3.05) is 4.90 Å². The number of anilines is 3. The Hall–Kier alpha value is -8.92. The van der Waals surface area contributed by atoms with Crippen molar-refractivity contribution < 1.29 is 8.83 Å². The molecule has 2 aliphatic rings. The molecular weight excluding hydrogens is 839 g/mol. The fourth-order valence-electron chi connectivity index (χ4n) is 12.2. The third-order valence-electron chi connectivity index (χ3n) is 15.0. The number of fused-ring (bicyclic) bond motifs is 8. The fourth-order valence-corrected chi connectivity index (χ4v) is 12.2. The highest BCUT2D eigenvalue weighted by Crippen LogP contribution is 2.60. The molecule has 0 fully saturated rings. The molecule has 324 valence electrons. The first-order valence-electron chi connectivity index (χ1n) is 23.7. The Balaban J connectivity index is 1.04. The van der Waals surface area contributed by atoms with Crippen LogP contribution >= 0.6 is 0 Å². The van der Waals surface area contributed by atoms with Crippen LogP contribution in [0.25, 0.3) is 55.3 Å². The average molecular weight is 882 g/mol. The van der Waals surface area contributed by atoms with Crippen LogP contribution in [0.1, 0.15) is 44.5 Å². The molecule has 0 N–H and O–H groups in total. The summed E-state index contributed by atoms with van der Waals surface area (Å²) in [6.45, 7) is 0. The number of hydrogen-bond donors (Lipinski definition) is 0. The number of nitrogens with zero attached hydrogens (tertiary/aromatic N) is 1. The summed E-state index contributed by atoms with van der Waals surface area (Å²) in [4.78, 5) is 2.40. The molecule has 0 aliphatic heterocycles. The lowest BCUT2D eigenvalue weighted by Gasteiger charge is -2.34. The molecule has 0 atom stereocenters. The van der Waals surface area contributed by atoms with Crippen molar-refractivity contribution in [3.63, 3.8) is 0 Å². The highest BCUT2D eigenvalue weighted by atomic mass is 16.3. The van der Waals surface area contributed by atoms with E-state index in [0.717, 1.165) is 50.1 Å². The molecule has 0 saturated carbocycles. The van der Waals surface area contributed by atoms with Crippen LogP contribution in [-0.4, -0.2) is 0 Å². The van der Waals surface area contributed by atoms with Crippen LogP contribution in [0.4, 0.5) is 17.1 Å². The molecule has 3 heteroatoms. The number of rotatable bonds is 8. The summed E-state index contributed by atoms with van der Waals surface area (Å²) in [6.07, 6.45) is 3.58. The van der Waals surface area contributed by atoms with Crippen molar-refractivity contribution >= 4 is 39.0 Å². The van der Waals surface area contributed by atoms with E-state index in [1.54, 1.807) is 12.5 Å². The van der Waals surface area contributed by atoms with Gasteiger partial charge in [-0.2, -0.15) is 0 Å². The van der Waals surface area contributed by atoms with Crippen molar-refractivity contribution in [2.45, 2.75) is 10.8 Å². The predicted octanol–water partition coefficient (Wildman–Crippen LogP) is 17.0. The minimum atomic E-state index is -0.581. The monoisotopic (exact) mass is 881 g/mol. The standard InChI is InChI=1S/C66H43NO2/c1-5-19-47(20-6-1)65(48-21-7-2-8-22-48)58-29-14-13-27-54(58)56-42-51(32-35-60(56)65)67(62-30-16-18-45-38-40-69-64(45)62)52-33-36-61-57(43-52)55-41-46(53-28-15-17-44-37-39-68-63(44)53)31-34-59(55)66(61,49-23-9-3-10-24-49)50-25-11-4-12-26-50/h1-43H. The first kappa shape index (κ1) is 39.3. The first-order chi connectivity index (χ1) is 34.2. The molecule has 2 aliphatic carbocycles. The minimum absolute atomic E-state index is 0.508. The van der Waals surface area contributed by atoms with Gasteiger partial charge < -0.3 is 13.7 Å². The second-order valence-electron chi connectivity index (χ2n) is 18.3. The number of furan rings is 2. The number of benzene rings is 10. The van der Waals surface area contributed by atoms with Gasteiger partial charge in [-0.1, -0.05) is 200 Å². The van der Waals surface area contributed by atoms with Crippen molar-refractivity contribution in [2.24, 2.45) is 0 Å². The maximum absolute atomic E-state index is 6.41. The van der Waals surface area contributed by atoms with Crippen LogP contribution in [0.15, 0.2) is 270 Å². The quantitative estimate of drug-likeness (QED) is 0.152. The van der Waals surface area contributed by atoms with Crippen LogP contribution in [0.3, 0.4) is 0 Å². The summed E-state index contributed by atoms with van der Waals surface area (Å²) < 4.78 is 12.6. The van der Waals surface area contributed by atoms with Crippen LogP contribution in [0, 0.1) is 0 Å². The molecule has 0 spiro atoms. The second-order valence-corrected chi connectivity index (χ2v) is 18.3. The zero-order chi connectivity index (χ0) is 45.5. The Morgan fingerprint density at radius 2 is 0.710 bits per heavy atom. The van der Waals surface area contributed by atoms with E-state index in [9.17, 15) is 0 Å². The zero-order valence-electron chi connectivity index (χ0n) is 37.6. The minimum Gasteiger partial charge on any atom is -0.464 e. The Bertz CT molecular complexity index is 3830. The molecule has 2 aromatic heterocycles. The molecule has 3 nitrogen and oxygen atoms in total. The molecular formula is C66H43NO2. The third kappa shape index (κ3) is 5.62. The lowest BCUT2D eigenvalue weighted by atomic mass is 9.67. The largest absolute Gasteiger partial charge is 0.464 e. The predicted molar refractivity (Wildman–Crippen MR) is 281 cm³/mol. The summed E-state index contributed by atoms with van der Waals surface area (Å²) in [6, 6.07) is 91.2. The molecule has 10 aromatic carbocycles. The van der Waals surface area contributed by atoms with Crippen molar-refractivity contribution in [3.05, 3.63) is 306 Å². The van der Waals surface area contributed by atoms with Gasteiger partial charge in [0.2, 0.25) is 0 Å². The van der Waals surface area contributed by atoms with E-state index in [1.165, 1.54) is 66.8 Å². The van der Waals surface area contributed by atoms with Gasteiger partial charge in [-0.25, -0.2) is 0 Å². The van der Waals surface area contributed by atoms with Gasteiger partial charge in [-0.3, -0.25) is 0 Å². The lowest BCUT2D eigenvalue weighted by molar-refractivity contribution is 0.616. The average Bonchev–Trinajstić information content (AvgIpc) is 4.23. The summed E-state index contributed by atoms with van der Waals surface area (Å²) >= 11 is 0. The molecule has 0 radical (unpaired) electrons. The molecule has 0 amide bonds. The molecule has 69 heavy (non-hydrogen) atoms. The van der Waals surface area contributed by atoms with Crippen molar-refractivity contribution in [3.8, 4) is 33.4 Å². The Morgan fingerprint density at radius 3 is 1.28 bits per heavy atom. The summed E-state index contributed by atoms with van der Waals surface area (Å²) in [5.74, 6) is 0. The number of para-hydroxylation sites is 2. The van der Waals surface area contributed by atoms with E-state index in [2.05, 4.69) is 248 Å². The van der Waals surface area contributed by atoms with Gasteiger partial charge in [0.15, 0.2) is 5.58 Å². The van der Waals surface area contributed by atoms with Crippen LogP contribution in [0.5, 0.6) is 0 Å². The van der Waals surface area contributed by atoms with E-state index < -0.39 is 10.8 Å². The van der Waals surface area contributed by atoms with Crippen molar-refractivity contribution in [1.29, 1.82) is 0 Å². The van der Waals surface area contributed by atoms with Crippen LogP contribution in [0.2, 0.25) is 0 Å². The molecule has 2 heterocycles. The molecule has 12 aromatic rings. The third-order valence-corrected chi connectivity index (χ3v) is 15.0. The SMILES string of the molecule is c1ccc(C2(c3ccccc3)c3ccccc3-c3cc(N(c4ccc5c(c4)-c4cc(-c6cccc7ccoc67)ccc4C5(c4ccccc4)c4ccccc4)c4cccc5ccoc45)ccc32)cc1. The van der Waals surface area contributed by atoms with E-state index in [0.29, 0.717) is 0 Å². The van der Waals surface area contributed by atoms with Crippen LogP contribution < -0.4 is 4.90 Å². The summed E-state index contributed by atoms with van der Waals surface area (Å²) in [5.41, 5.74) is 20.6. The maximum Gasteiger partial charge on any atom is 0.157 e. The van der Waals surface area contributed by atoms with Crippen LogP contribution in [-0.2, 0) is 10.8 Å². The Kier molecular flexibility index (Phi) is 8.71. The van der Waals surface area contributed by atoms with E-state index in [1.807, 2.05) is 6.07 Å². The highest BCUT2D eigenvalue weighted by molar-refractivity contribution is 6.00.